The zero-order valence-electron chi connectivity index (χ0n) is 17.1. The number of nitrogens with one attached hydrogen (secondary N) is 1. The van der Waals surface area contributed by atoms with Crippen molar-refractivity contribution in [3.05, 3.63) is 41.0 Å². The van der Waals surface area contributed by atoms with Gasteiger partial charge in [0, 0.05) is 19.2 Å². The maximum absolute atomic E-state index is 13.1. The summed E-state index contributed by atoms with van der Waals surface area (Å²) in [6.45, 7) is 5.06. The van der Waals surface area contributed by atoms with Crippen molar-refractivity contribution < 1.29 is 18.8 Å². The molecule has 2 aromatic rings. The van der Waals surface area contributed by atoms with Gasteiger partial charge in [0.05, 0.1) is 7.11 Å². The van der Waals surface area contributed by atoms with Crippen LogP contribution in [-0.4, -0.2) is 54.8 Å². The molecular weight excluding hydrogens is 396 g/mol. The molecular formula is C20H29ClN4O4. The number of aromatic nitrogens is 2. The topological polar surface area (TPSA) is 89.7 Å². The Hall–Kier alpha value is -2.16. The summed E-state index contributed by atoms with van der Waals surface area (Å²) >= 11 is 0. The maximum Gasteiger partial charge on any atom is 0.254 e. The van der Waals surface area contributed by atoms with E-state index in [0.29, 0.717) is 29.7 Å². The first-order chi connectivity index (χ1) is 13.6. The average molecular weight is 425 g/mol. The molecule has 1 aliphatic rings. The molecule has 1 atom stereocenters. The van der Waals surface area contributed by atoms with Crippen molar-refractivity contribution in [2.45, 2.75) is 32.9 Å². The fourth-order valence-electron chi connectivity index (χ4n) is 3.49. The van der Waals surface area contributed by atoms with Crippen LogP contribution in [0, 0.1) is 5.92 Å². The number of nitrogens with zero attached hydrogens (tertiary/aromatic N) is 3. The molecule has 1 amide bonds. The number of carbonyl (C=O) groups is 1. The second-order valence-electron chi connectivity index (χ2n) is 6.95. The van der Waals surface area contributed by atoms with Crippen LogP contribution < -0.4 is 10.1 Å². The number of rotatable bonds is 9. The van der Waals surface area contributed by atoms with Crippen LogP contribution in [0.4, 0.5) is 0 Å². The number of halogens is 1. The van der Waals surface area contributed by atoms with Gasteiger partial charge in [0.25, 0.3) is 5.91 Å². The van der Waals surface area contributed by atoms with Crippen molar-refractivity contribution >= 4 is 18.3 Å². The summed E-state index contributed by atoms with van der Waals surface area (Å²) in [7, 11) is 3.24. The SMILES string of the molecule is CCN(Cc1nc(COC)no1)C(=O)c1ccc(OC)c(CC2CCNC2)c1.Cl. The lowest BCUT2D eigenvalue weighted by molar-refractivity contribution is 0.0734. The predicted octanol–water partition coefficient (Wildman–Crippen LogP) is 2.46. The minimum absolute atomic E-state index is 0. The third kappa shape index (κ3) is 5.91. The van der Waals surface area contributed by atoms with E-state index >= 15 is 0 Å². The van der Waals surface area contributed by atoms with E-state index in [1.54, 1.807) is 19.1 Å². The van der Waals surface area contributed by atoms with E-state index in [0.717, 1.165) is 37.2 Å². The number of amides is 1. The highest BCUT2D eigenvalue weighted by Gasteiger charge is 2.21. The fourth-order valence-corrected chi connectivity index (χ4v) is 3.49. The molecule has 2 heterocycles. The van der Waals surface area contributed by atoms with Crippen molar-refractivity contribution in [2.24, 2.45) is 5.92 Å². The van der Waals surface area contributed by atoms with Gasteiger partial charge in [0.2, 0.25) is 5.89 Å². The lowest BCUT2D eigenvalue weighted by Gasteiger charge is -2.20. The highest BCUT2D eigenvalue weighted by Crippen LogP contribution is 2.26. The molecule has 29 heavy (non-hydrogen) atoms. The fraction of sp³-hybridized carbons (Fsp3) is 0.550. The van der Waals surface area contributed by atoms with E-state index in [2.05, 4.69) is 15.5 Å². The van der Waals surface area contributed by atoms with Gasteiger partial charge in [-0.15, -0.1) is 12.4 Å². The van der Waals surface area contributed by atoms with Gasteiger partial charge in [0.1, 0.15) is 18.9 Å². The van der Waals surface area contributed by atoms with Crippen molar-refractivity contribution in [1.82, 2.24) is 20.4 Å². The molecule has 1 aliphatic heterocycles. The molecule has 0 spiro atoms. The Labute approximate surface area is 177 Å². The lowest BCUT2D eigenvalue weighted by atomic mass is 9.96. The van der Waals surface area contributed by atoms with Crippen LogP contribution in [-0.2, 0) is 24.3 Å². The maximum atomic E-state index is 13.1. The van der Waals surface area contributed by atoms with Crippen molar-refractivity contribution in [2.75, 3.05) is 33.9 Å². The van der Waals surface area contributed by atoms with Gasteiger partial charge in [-0.25, -0.2) is 0 Å². The highest BCUT2D eigenvalue weighted by molar-refractivity contribution is 5.94. The Kier molecular flexibility index (Phi) is 8.88. The first-order valence-electron chi connectivity index (χ1n) is 9.61. The third-order valence-corrected chi connectivity index (χ3v) is 4.98. The summed E-state index contributed by atoms with van der Waals surface area (Å²) in [5.74, 6) is 2.19. The van der Waals surface area contributed by atoms with Crippen LogP contribution in [0.2, 0.25) is 0 Å². The van der Waals surface area contributed by atoms with E-state index in [1.807, 2.05) is 25.1 Å². The van der Waals surface area contributed by atoms with Crippen molar-refractivity contribution in [3.63, 3.8) is 0 Å². The van der Waals surface area contributed by atoms with Crippen LogP contribution in [0.3, 0.4) is 0 Å². The van der Waals surface area contributed by atoms with Crippen LogP contribution in [0.5, 0.6) is 5.75 Å². The second-order valence-corrected chi connectivity index (χ2v) is 6.95. The largest absolute Gasteiger partial charge is 0.496 e. The molecule has 0 saturated carbocycles. The number of carbonyl (C=O) groups excluding carboxylic acids is 1. The second kappa shape index (κ2) is 11.1. The molecule has 0 aliphatic carbocycles. The molecule has 8 nitrogen and oxygen atoms in total. The van der Waals surface area contributed by atoms with Crippen LogP contribution >= 0.6 is 12.4 Å². The smallest absolute Gasteiger partial charge is 0.254 e. The highest BCUT2D eigenvalue weighted by atomic mass is 35.5. The van der Waals surface area contributed by atoms with Crippen molar-refractivity contribution in [3.8, 4) is 5.75 Å². The summed E-state index contributed by atoms with van der Waals surface area (Å²) in [4.78, 5) is 19.0. The van der Waals surface area contributed by atoms with E-state index < -0.39 is 0 Å². The lowest BCUT2D eigenvalue weighted by Crippen LogP contribution is -2.30. The summed E-state index contributed by atoms with van der Waals surface area (Å²) in [5, 5.41) is 7.23. The molecule has 3 rings (SSSR count). The van der Waals surface area contributed by atoms with Gasteiger partial charge in [-0.1, -0.05) is 5.16 Å². The minimum Gasteiger partial charge on any atom is -0.496 e. The van der Waals surface area contributed by atoms with E-state index in [9.17, 15) is 4.79 Å². The monoisotopic (exact) mass is 424 g/mol. The Morgan fingerprint density at radius 2 is 2.21 bits per heavy atom. The molecule has 1 N–H and O–H groups in total. The molecule has 1 saturated heterocycles. The molecule has 160 valence electrons. The molecule has 1 unspecified atom stereocenters. The first kappa shape index (κ1) is 23.1. The number of methoxy groups -OCH3 is 2. The minimum atomic E-state index is -0.0672. The van der Waals surface area contributed by atoms with E-state index in [1.165, 1.54) is 0 Å². The van der Waals surface area contributed by atoms with Gasteiger partial charge in [0.15, 0.2) is 5.82 Å². The van der Waals surface area contributed by atoms with Gasteiger partial charge < -0.3 is 24.2 Å². The van der Waals surface area contributed by atoms with E-state index in [-0.39, 0.29) is 31.5 Å². The zero-order valence-corrected chi connectivity index (χ0v) is 18.0. The summed E-state index contributed by atoms with van der Waals surface area (Å²) in [5.41, 5.74) is 1.71. The third-order valence-electron chi connectivity index (χ3n) is 4.98. The normalized spacial score (nSPS) is 15.8. The zero-order chi connectivity index (χ0) is 19.9. The number of benzene rings is 1. The van der Waals surface area contributed by atoms with Gasteiger partial charge in [-0.2, -0.15) is 4.98 Å². The molecule has 1 fully saturated rings. The van der Waals surface area contributed by atoms with Gasteiger partial charge >= 0.3 is 0 Å². The standard InChI is InChI=1S/C20H28N4O4.ClH/c1-4-24(12-19-22-18(13-26-2)23-28-19)20(25)15-5-6-17(27-3)16(10-15)9-14-7-8-21-11-14;/h5-6,10,14,21H,4,7-9,11-13H2,1-3H3;1H. The Morgan fingerprint density at radius 1 is 1.38 bits per heavy atom. The number of hydrogen-bond donors (Lipinski definition) is 1. The number of hydrogen-bond acceptors (Lipinski definition) is 7. The summed E-state index contributed by atoms with van der Waals surface area (Å²) in [6, 6.07) is 5.64. The summed E-state index contributed by atoms with van der Waals surface area (Å²) in [6.07, 6.45) is 2.04. The Bertz CT molecular complexity index is 793. The quantitative estimate of drug-likeness (QED) is 0.661. The Morgan fingerprint density at radius 3 is 2.86 bits per heavy atom. The van der Waals surface area contributed by atoms with Gasteiger partial charge in [-0.3, -0.25) is 4.79 Å². The molecule has 9 heteroatoms. The van der Waals surface area contributed by atoms with Crippen molar-refractivity contribution in [1.29, 1.82) is 0 Å². The Balaban J connectivity index is 0.00000300. The molecule has 0 radical (unpaired) electrons. The first-order valence-corrected chi connectivity index (χ1v) is 9.61. The number of ether oxygens (including phenoxy) is 2. The summed E-state index contributed by atoms with van der Waals surface area (Å²) < 4.78 is 15.7. The van der Waals surface area contributed by atoms with E-state index in [4.69, 9.17) is 14.0 Å². The van der Waals surface area contributed by atoms with Crippen LogP contribution in [0.1, 0.15) is 41.0 Å². The molecule has 1 aromatic carbocycles. The van der Waals surface area contributed by atoms with Crippen LogP contribution in [0.15, 0.2) is 22.7 Å². The molecule has 0 bridgehead atoms. The van der Waals surface area contributed by atoms with Crippen LogP contribution in [0.25, 0.3) is 0 Å². The average Bonchev–Trinajstić information content (AvgIpc) is 3.38. The van der Waals surface area contributed by atoms with Gasteiger partial charge in [-0.05, 0) is 62.5 Å². The predicted molar refractivity (Wildman–Crippen MR) is 110 cm³/mol. The molecule has 1 aromatic heterocycles.